The van der Waals surface area contributed by atoms with Gasteiger partial charge in [-0.05, 0) is 12.1 Å². The Morgan fingerprint density at radius 2 is 1.76 bits per heavy atom. The first kappa shape index (κ1) is 12.0. The highest BCUT2D eigenvalue weighted by atomic mass is 32.1. The van der Waals surface area contributed by atoms with Crippen molar-refractivity contribution in [3.8, 4) is 10.6 Å². The van der Waals surface area contributed by atoms with E-state index < -0.39 is 11.7 Å². The minimum absolute atomic E-state index is 0.276. The lowest BCUT2D eigenvalue weighted by Crippen LogP contribution is -2.03. The van der Waals surface area contributed by atoms with E-state index in [0.29, 0.717) is 15.6 Å². The normalized spacial score (nSPS) is 11.8. The van der Waals surface area contributed by atoms with E-state index in [1.165, 1.54) is 23.5 Å². The Hall–Kier alpha value is -1.47. The lowest BCUT2D eigenvalue weighted by atomic mass is 10.1. The number of nitrogens with zero attached hydrogens (tertiary/aromatic N) is 2. The Kier molecular flexibility index (Phi) is 3.12. The number of aromatic nitrogens is 2. The van der Waals surface area contributed by atoms with Crippen molar-refractivity contribution in [2.24, 2.45) is 5.73 Å². The molecule has 1 aromatic heterocycles. The highest BCUT2D eigenvalue weighted by Gasteiger charge is 2.30. The topological polar surface area (TPSA) is 51.8 Å². The van der Waals surface area contributed by atoms with E-state index in [-0.39, 0.29) is 6.54 Å². The van der Waals surface area contributed by atoms with Crippen molar-refractivity contribution >= 4 is 11.3 Å². The van der Waals surface area contributed by atoms with Crippen molar-refractivity contribution in [2.45, 2.75) is 12.7 Å². The van der Waals surface area contributed by atoms with Crippen LogP contribution in [-0.2, 0) is 12.7 Å². The van der Waals surface area contributed by atoms with Gasteiger partial charge in [0.15, 0.2) is 0 Å². The van der Waals surface area contributed by atoms with Crippen LogP contribution < -0.4 is 5.73 Å². The highest BCUT2D eigenvalue weighted by Crippen LogP contribution is 2.31. The molecule has 0 spiro atoms. The van der Waals surface area contributed by atoms with E-state index in [2.05, 4.69) is 10.2 Å². The molecular weight excluding hydrogens is 251 g/mol. The summed E-state index contributed by atoms with van der Waals surface area (Å²) < 4.78 is 37.0. The highest BCUT2D eigenvalue weighted by molar-refractivity contribution is 7.14. The molecule has 0 bridgehead atoms. The predicted molar refractivity (Wildman–Crippen MR) is 58.2 cm³/mol. The summed E-state index contributed by atoms with van der Waals surface area (Å²) in [6.45, 7) is 0.276. The van der Waals surface area contributed by atoms with Gasteiger partial charge in [-0.1, -0.05) is 23.5 Å². The van der Waals surface area contributed by atoms with Gasteiger partial charge in [0.1, 0.15) is 10.0 Å². The second-order valence-electron chi connectivity index (χ2n) is 3.28. The summed E-state index contributed by atoms with van der Waals surface area (Å²) in [6, 6.07) is 4.81. The zero-order chi connectivity index (χ0) is 12.5. The summed E-state index contributed by atoms with van der Waals surface area (Å²) in [7, 11) is 0. The minimum Gasteiger partial charge on any atom is -0.324 e. The Bertz CT molecular complexity index is 504. The zero-order valence-electron chi connectivity index (χ0n) is 8.53. The second kappa shape index (κ2) is 4.42. The smallest absolute Gasteiger partial charge is 0.324 e. The number of hydrogen-bond donors (Lipinski definition) is 1. The molecular formula is C10H8F3N3S. The third kappa shape index (κ3) is 2.62. The lowest BCUT2D eigenvalue weighted by molar-refractivity contribution is -0.137. The molecule has 0 fully saturated rings. The standard InChI is InChI=1S/C10H8F3N3S/c11-10(12,13)7-3-1-6(2-4-7)9-16-15-8(5-14)17-9/h1-4H,5,14H2. The first-order valence-corrected chi connectivity index (χ1v) is 5.52. The molecule has 1 aromatic carbocycles. The van der Waals surface area contributed by atoms with Gasteiger partial charge in [-0.15, -0.1) is 10.2 Å². The third-order valence-electron chi connectivity index (χ3n) is 2.10. The van der Waals surface area contributed by atoms with Gasteiger partial charge in [0.25, 0.3) is 0 Å². The minimum atomic E-state index is -4.32. The average molecular weight is 259 g/mol. The summed E-state index contributed by atoms with van der Waals surface area (Å²) in [5, 5.41) is 8.88. The van der Waals surface area contributed by atoms with Gasteiger partial charge in [-0.3, -0.25) is 0 Å². The fourth-order valence-electron chi connectivity index (χ4n) is 1.25. The molecule has 17 heavy (non-hydrogen) atoms. The molecule has 0 radical (unpaired) electrons. The number of benzene rings is 1. The van der Waals surface area contributed by atoms with Crippen LogP contribution in [0.2, 0.25) is 0 Å². The first-order chi connectivity index (χ1) is 8.00. The molecule has 7 heteroatoms. The molecule has 0 unspecified atom stereocenters. The molecule has 0 saturated heterocycles. The van der Waals surface area contributed by atoms with Crippen LogP contribution in [0.15, 0.2) is 24.3 Å². The summed E-state index contributed by atoms with van der Waals surface area (Å²) in [6.07, 6.45) is -4.32. The van der Waals surface area contributed by atoms with Crippen LogP contribution in [0, 0.1) is 0 Å². The van der Waals surface area contributed by atoms with Gasteiger partial charge in [0.2, 0.25) is 0 Å². The van der Waals surface area contributed by atoms with E-state index >= 15 is 0 Å². The fraction of sp³-hybridized carbons (Fsp3) is 0.200. The Morgan fingerprint density at radius 1 is 1.12 bits per heavy atom. The SMILES string of the molecule is NCc1nnc(-c2ccc(C(F)(F)F)cc2)s1. The summed E-state index contributed by atoms with van der Waals surface area (Å²) in [5.74, 6) is 0. The molecule has 0 aliphatic heterocycles. The maximum atomic E-state index is 12.3. The summed E-state index contributed by atoms with van der Waals surface area (Å²) >= 11 is 1.27. The predicted octanol–water partition coefficient (Wildman–Crippen LogP) is 2.68. The van der Waals surface area contributed by atoms with Crippen molar-refractivity contribution < 1.29 is 13.2 Å². The van der Waals surface area contributed by atoms with Crippen molar-refractivity contribution in [3.63, 3.8) is 0 Å². The summed E-state index contributed by atoms with van der Waals surface area (Å²) in [5.41, 5.74) is 5.31. The Labute approximate surface area is 99.1 Å². The molecule has 0 atom stereocenters. The summed E-state index contributed by atoms with van der Waals surface area (Å²) in [4.78, 5) is 0. The molecule has 1 heterocycles. The van der Waals surface area contributed by atoms with Crippen molar-refractivity contribution in [3.05, 3.63) is 34.8 Å². The number of hydrogen-bond acceptors (Lipinski definition) is 4. The van der Waals surface area contributed by atoms with Crippen LogP contribution >= 0.6 is 11.3 Å². The lowest BCUT2D eigenvalue weighted by Gasteiger charge is -2.06. The van der Waals surface area contributed by atoms with Crippen molar-refractivity contribution in [2.75, 3.05) is 0 Å². The third-order valence-corrected chi connectivity index (χ3v) is 3.10. The molecule has 0 amide bonds. The number of halogens is 3. The first-order valence-electron chi connectivity index (χ1n) is 4.71. The molecule has 3 nitrogen and oxygen atoms in total. The Morgan fingerprint density at radius 3 is 2.24 bits per heavy atom. The van der Waals surface area contributed by atoms with Gasteiger partial charge in [-0.25, -0.2) is 0 Å². The molecule has 0 aliphatic rings. The molecule has 0 aliphatic carbocycles. The van der Waals surface area contributed by atoms with Gasteiger partial charge < -0.3 is 5.73 Å². The average Bonchev–Trinajstić information content (AvgIpc) is 2.76. The van der Waals surface area contributed by atoms with Gasteiger partial charge in [-0.2, -0.15) is 13.2 Å². The van der Waals surface area contributed by atoms with E-state index in [1.807, 2.05) is 0 Å². The molecule has 0 saturated carbocycles. The molecule has 2 N–H and O–H groups in total. The Balaban J connectivity index is 2.29. The van der Waals surface area contributed by atoms with Gasteiger partial charge in [0, 0.05) is 12.1 Å². The number of alkyl halides is 3. The number of rotatable bonds is 2. The van der Waals surface area contributed by atoms with Crippen LogP contribution in [-0.4, -0.2) is 10.2 Å². The zero-order valence-corrected chi connectivity index (χ0v) is 9.35. The van der Waals surface area contributed by atoms with Gasteiger partial charge >= 0.3 is 6.18 Å². The maximum absolute atomic E-state index is 12.3. The van der Waals surface area contributed by atoms with Crippen molar-refractivity contribution in [1.29, 1.82) is 0 Å². The van der Waals surface area contributed by atoms with Crippen LogP contribution in [0.3, 0.4) is 0 Å². The quantitative estimate of drug-likeness (QED) is 0.902. The van der Waals surface area contributed by atoms with Gasteiger partial charge in [0.05, 0.1) is 5.56 Å². The second-order valence-corrected chi connectivity index (χ2v) is 4.34. The van der Waals surface area contributed by atoms with Crippen LogP contribution in [0.4, 0.5) is 13.2 Å². The van der Waals surface area contributed by atoms with E-state index in [1.54, 1.807) is 0 Å². The van der Waals surface area contributed by atoms with E-state index in [0.717, 1.165) is 12.1 Å². The molecule has 2 aromatic rings. The molecule has 2 rings (SSSR count). The maximum Gasteiger partial charge on any atom is 0.416 e. The monoisotopic (exact) mass is 259 g/mol. The molecule has 90 valence electrons. The van der Waals surface area contributed by atoms with Crippen LogP contribution in [0.25, 0.3) is 10.6 Å². The van der Waals surface area contributed by atoms with Crippen LogP contribution in [0.5, 0.6) is 0 Å². The van der Waals surface area contributed by atoms with E-state index in [4.69, 9.17) is 5.73 Å². The van der Waals surface area contributed by atoms with Crippen molar-refractivity contribution in [1.82, 2.24) is 10.2 Å². The fourth-order valence-corrected chi connectivity index (χ4v) is 1.98. The largest absolute Gasteiger partial charge is 0.416 e. The van der Waals surface area contributed by atoms with E-state index in [9.17, 15) is 13.2 Å². The van der Waals surface area contributed by atoms with Crippen LogP contribution in [0.1, 0.15) is 10.6 Å². The number of nitrogens with two attached hydrogens (primary N) is 1.